The molecule has 6 heteroatoms. The van der Waals surface area contributed by atoms with Gasteiger partial charge in [0.2, 0.25) is 0 Å². The molecule has 0 atom stereocenters. The van der Waals surface area contributed by atoms with Crippen LogP contribution in [0.2, 0.25) is 0 Å². The molecule has 4 nitrogen and oxygen atoms in total. The van der Waals surface area contributed by atoms with E-state index in [1.165, 1.54) is 12.3 Å². The van der Waals surface area contributed by atoms with Crippen LogP contribution in [0.1, 0.15) is 21.5 Å². The Hall–Kier alpha value is -2.99. The van der Waals surface area contributed by atoms with Gasteiger partial charge >= 0.3 is 0 Å². The molecule has 27 heavy (non-hydrogen) atoms. The summed E-state index contributed by atoms with van der Waals surface area (Å²) in [4.78, 5) is 12.4. The van der Waals surface area contributed by atoms with Crippen LogP contribution in [0.4, 0.5) is 4.39 Å². The van der Waals surface area contributed by atoms with Crippen LogP contribution >= 0.6 is 15.9 Å². The van der Waals surface area contributed by atoms with Crippen LogP contribution < -0.4 is 10.2 Å². The second kappa shape index (κ2) is 9.09. The Bertz CT molecular complexity index is 976. The van der Waals surface area contributed by atoms with E-state index in [2.05, 4.69) is 26.5 Å². The standard InChI is InChI=1S/C21H16BrFN2O2/c22-17-8-5-6-15(12-17)14-27-20-11-4-2-9-18(20)21(26)25-24-13-16-7-1-3-10-19(16)23/h1-13H,14H2,(H,25,26)/b24-13+. The van der Waals surface area contributed by atoms with Crippen molar-refractivity contribution >= 4 is 28.1 Å². The Morgan fingerprint density at radius 1 is 1.07 bits per heavy atom. The van der Waals surface area contributed by atoms with Crippen molar-refractivity contribution in [2.45, 2.75) is 6.61 Å². The van der Waals surface area contributed by atoms with Crippen LogP contribution in [0, 0.1) is 5.82 Å². The second-order valence-corrected chi connectivity index (χ2v) is 6.55. The van der Waals surface area contributed by atoms with Gasteiger partial charge in [-0.15, -0.1) is 0 Å². The Balaban J connectivity index is 1.67. The van der Waals surface area contributed by atoms with Gasteiger partial charge in [0.15, 0.2) is 0 Å². The van der Waals surface area contributed by atoms with Crippen molar-refractivity contribution in [1.29, 1.82) is 0 Å². The summed E-state index contributed by atoms with van der Waals surface area (Å²) in [5, 5.41) is 3.82. The molecule has 3 rings (SSSR count). The third kappa shape index (κ3) is 5.24. The summed E-state index contributed by atoms with van der Waals surface area (Å²) in [6.45, 7) is 0.322. The topological polar surface area (TPSA) is 50.7 Å². The molecule has 3 aromatic rings. The molecule has 0 saturated heterocycles. The van der Waals surface area contributed by atoms with Gasteiger partial charge in [0.05, 0.1) is 11.8 Å². The first-order valence-corrected chi connectivity index (χ1v) is 8.97. The highest BCUT2D eigenvalue weighted by atomic mass is 79.9. The zero-order chi connectivity index (χ0) is 19.1. The van der Waals surface area contributed by atoms with Gasteiger partial charge < -0.3 is 4.74 Å². The molecule has 0 heterocycles. The van der Waals surface area contributed by atoms with Gasteiger partial charge in [-0.05, 0) is 35.9 Å². The van der Waals surface area contributed by atoms with E-state index in [0.29, 0.717) is 17.9 Å². The Kier molecular flexibility index (Phi) is 6.33. The molecular weight excluding hydrogens is 411 g/mol. The average molecular weight is 427 g/mol. The zero-order valence-electron chi connectivity index (χ0n) is 14.2. The first-order valence-electron chi connectivity index (χ1n) is 8.17. The molecule has 0 saturated carbocycles. The lowest BCUT2D eigenvalue weighted by molar-refractivity contribution is 0.0950. The minimum absolute atomic E-state index is 0.289. The van der Waals surface area contributed by atoms with Crippen molar-refractivity contribution < 1.29 is 13.9 Å². The maximum atomic E-state index is 13.6. The van der Waals surface area contributed by atoms with Crippen LogP contribution in [0.25, 0.3) is 0 Å². The number of nitrogens with zero attached hydrogens (tertiary/aromatic N) is 1. The fourth-order valence-corrected chi connectivity index (χ4v) is 2.82. The largest absolute Gasteiger partial charge is 0.488 e. The monoisotopic (exact) mass is 426 g/mol. The first-order chi connectivity index (χ1) is 13.1. The summed E-state index contributed by atoms with van der Waals surface area (Å²) in [7, 11) is 0. The maximum absolute atomic E-state index is 13.6. The van der Waals surface area contributed by atoms with Crippen molar-refractivity contribution in [3.63, 3.8) is 0 Å². The first kappa shape index (κ1) is 18.8. The number of para-hydroxylation sites is 1. The molecular formula is C21H16BrFN2O2. The predicted octanol–water partition coefficient (Wildman–Crippen LogP) is 4.93. The van der Waals surface area contributed by atoms with Gasteiger partial charge in [-0.3, -0.25) is 4.79 Å². The van der Waals surface area contributed by atoms with E-state index in [0.717, 1.165) is 10.0 Å². The van der Waals surface area contributed by atoms with Crippen molar-refractivity contribution in [2.75, 3.05) is 0 Å². The summed E-state index contributed by atoms with van der Waals surface area (Å²) in [5.41, 5.74) is 4.00. The van der Waals surface area contributed by atoms with E-state index in [-0.39, 0.29) is 5.56 Å². The molecule has 0 radical (unpaired) electrons. The molecule has 3 aromatic carbocycles. The minimum atomic E-state index is -0.438. The molecule has 0 bridgehead atoms. The highest BCUT2D eigenvalue weighted by Gasteiger charge is 2.11. The van der Waals surface area contributed by atoms with Crippen LogP contribution in [0.15, 0.2) is 82.4 Å². The lowest BCUT2D eigenvalue weighted by atomic mass is 10.2. The SMILES string of the molecule is O=C(N/N=C/c1ccccc1F)c1ccccc1OCc1cccc(Br)c1. The molecule has 1 amide bonds. The Morgan fingerprint density at radius 2 is 1.85 bits per heavy atom. The van der Waals surface area contributed by atoms with Crippen molar-refractivity contribution in [3.05, 3.63) is 99.8 Å². The zero-order valence-corrected chi connectivity index (χ0v) is 15.8. The number of hydrogen-bond acceptors (Lipinski definition) is 3. The molecule has 0 spiro atoms. The Morgan fingerprint density at radius 3 is 2.67 bits per heavy atom. The molecule has 0 aliphatic heterocycles. The summed E-state index contributed by atoms with van der Waals surface area (Å²) in [6, 6.07) is 20.8. The summed E-state index contributed by atoms with van der Waals surface area (Å²) in [6.07, 6.45) is 1.26. The van der Waals surface area contributed by atoms with Crippen LogP contribution in [0.3, 0.4) is 0 Å². The number of hydrogen-bond donors (Lipinski definition) is 1. The van der Waals surface area contributed by atoms with E-state index < -0.39 is 11.7 Å². The van der Waals surface area contributed by atoms with Crippen molar-refractivity contribution in [2.24, 2.45) is 5.10 Å². The lowest BCUT2D eigenvalue weighted by Gasteiger charge is -2.10. The third-order valence-corrected chi connectivity index (χ3v) is 4.18. The molecule has 0 unspecified atom stereocenters. The summed E-state index contributed by atoms with van der Waals surface area (Å²) < 4.78 is 20.3. The fraction of sp³-hybridized carbons (Fsp3) is 0.0476. The normalized spacial score (nSPS) is 10.7. The van der Waals surface area contributed by atoms with E-state index in [9.17, 15) is 9.18 Å². The quantitative estimate of drug-likeness (QED) is 0.448. The van der Waals surface area contributed by atoms with Gasteiger partial charge in [-0.25, -0.2) is 9.82 Å². The number of carbonyl (C=O) groups is 1. The molecule has 0 fully saturated rings. The third-order valence-electron chi connectivity index (χ3n) is 3.69. The number of ether oxygens (including phenoxy) is 1. The maximum Gasteiger partial charge on any atom is 0.275 e. The smallest absolute Gasteiger partial charge is 0.275 e. The van der Waals surface area contributed by atoms with Gasteiger partial charge in [0, 0.05) is 10.0 Å². The summed E-state index contributed by atoms with van der Waals surface area (Å²) in [5.74, 6) is -0.406. The lowest BCUT2D eigenvalue weighted by Crippen LogP contribution is -2.18. The highest BCUT2D eigenvalue weighted by Crippen LogP contribution is 2.20. The molecule has 136 valence electrons. The van der Waals surface area contributed by atoms with Gasteiger partial charge in [-0.2, -0.15) is 5.10 Å². The van der Waals surface area contributed by atoms with E-state index in [1.54, 1.807) is 42.5 Å². The van der Waals surface area contributed by atoms with E-state index in [1.807, 2.05) is 24.3 Å². The predicted molar refractivity (Wildman–Crippen MR) is 106 cm³/mol. The van der Waals surface area contributed by atoms with Gasteiger partial charge in [-0.1, -0.05) is 58.4 Å². The number of halogens is 2. The number of rotatable bonds is 6. The summed E-state index contributed by atoms with van der Waals surface area (Å²) >= 11 is 3.42. The number of carbonyl (C=O) groups excluding carboxylic acids is 1. The van der Waals surface area contributed by atoms with Crippen LogP contribution in [0.5, 0.6) is 5.75 Å². The van der Waals surface area contributed by atoms with Crippen molar-refractivity contribution in [1.82, 2.24) is 5.43 Å². The average Bonchev–Trinajstić information content (AvgIpc) is 2.68. The minimum Gasteiger partial charge on any atom is -0.488 e. The second-order valence-electron chi connectivity index (χ2n) is 5.64. The molecule has 0 aliphatic rings. The fourth-order valence-electron chi connectivity index (χ4n) is 2.37. The molecule has 1 N–H and O–H groups in total. The number of hydrazone groups is 1. The van der Waals surface area contributed by atoms with Crippen molar-refractivity contribution in [3.8, 4) is 5.75 Å². The van der Waals surface area contributed by atoms with Gasteiger partial charge in [0.1, 0.15) is 18.2 Å². The number of benzene rings is 3. The Labute approximate surface area is 164 Å². The molecule has 0 aliphatic carbocycles. The molecule has 0 aromatic heterocycles. The van der Waals surface area contributed by atoms with Crippen LogP contribution in [-0.2, 0) is 6.61 Å². The number of nitrogens with one attached hydrogen (secondary N) is 1. The van der Waals surface area contributed by atoms with Gasteiger partial charge in [0.25, 0.3) is 5.91 Å². The number of amides is 1. The van der Waals surface area contributed by atoms with E-state index in [4.69, 9.17) is 4.74 Å². The van der Waals surface area contributed by atoms with E-state index >= 15 is 0 Å². The van der Waals surface area contributed by atoms with Crippen LogP contribution in [-0.4, -0.2) is 12.1 Å². The highest BCUT2D eigenvalue weighted by molar-refractivity contribution is 9.10.